The van der Waals surface area contributed by atoms with E-state index in [2.05, 4.69) is 15.5 Å². The highest BCUT2D eigenvalue weighted by atomic mass is 19.4. The van der Waals surface area contributed by atoms with Gasteiger partial charge < -0.3 is 9.80 Å². The van der Waals surface area contributed by atoms with Crippen LogP contribution in [0.1, 0.15) is 5.56 Å². The number of nitrogens with one attached hydrogen (secondary N) is 2. The van der Waals surface area contributed by atoms with Crippen LogP contribution in [-0.4, -0.2) is 47.3 Å². The van der Waals surface area contributed by atoms with Crippen molar-refractivity contribution in [3.63, 3.8) is 0 Å². The van der Waals surface area contributed by atoms with Gasteiger partial charge in [0.15, 0.2) is 5.82 Å². The van der Waals surface area contributed by atoms with Gasteiger partial charge in [0.05, 0.1) is 11.1 Å². The van der Waals surface area contributed by atoms with Crippen LogP contribution in [0.15, 0.2) is 42.5 Å². The highest BCUT2D eigenvalue weighted by Crippen LogP contribution is 2.34. The molecule has 2 amide bonds. The van der Waals surface area contributed by atoms with Crippen molar-refractivity contribution in [2.45, 2.75) is 6.18 Å². The quantitative estimate of drug-likeness (QED) is 0.630. The fraction of sp³-hybridized carbons (Fsp3) is 0.263. The number of piperazine rings is 1. The summed E-state index contributed by atoms with van der Waals surface area (Å²) in [4.78, 5) is 15.8. The molecule has 10 heteroatoms. The van der Waals surface area contributed by atoms with E-state index in [-0.39, 0.29) is 11.7 Å². The maximum atomic E-state index is 13.5. The van der Waals surface area contributed by atoms with E-state index in [1.807, 2.05) is 24.3 Å². The number of hydrogen-bond acceptors (Lipinski definition) is 3. The summed E-state index contributed by atoms with van der Waals surface area (Å²) in [6.07, 6.45) is -4.76. The average Bonchev–Trinajstić information content (AvgIpc) is 3.10. The van der Waals surface area contributed by atoms with Gasteiger partial charge in [-0.15, -0.1) is 0 Å². The zero-order valence-electron chi connectivity index (χ0n) is 15.1. The maximum absolute atomic E-state index is 13.5. The Balaban J connectivity index is 1.41. The normalized spacial score (nSPS) is 15.0. The Hall–Kier alpha value is -3.30. The molecule has 1 aliphatic rings. The van der Waals surface area contributed by atoms with Gasteiger partial charge in [0.2, 0.25) is 0 Å². The minimum atomic E-state index is -4.76. The van der Waals surface area contributed by atoms with Crippen LogP contribution in [0, 0.1) is 5.82 Å². The van der Waals surface area contributed by atoms with E-state index in [1.54, 1.807) is 9.80 Å². The number of hydrogen-bond donors (Lipinski definition) is 2. The fourth-order valence-electron chi connectivity index (χ4n) is 3.33. The Morgan fingerprint density at radius 3 is 2.52 bits per heavy atom. The number of amides is 2. The molecule has 0 aliphatic carbocycles. The second kappa shape index (κ2) is 7.26. The molecule has 2 N–H and O–H groups in total. The smallest absolute Gasteiger partial charge is 0.368 e. The predicted octanol–water partition coefficient (Wildman–Crippen LogP) is 4.07. The number of H-pyrrole nitrogens is 1. The summed E-state index contributed by atoms with van der Waals surface area (Å²) in [7, 11) is 0. The van der Waals surface area contributed by atoms with Crippen LogP contribution in [0.25, 0.3) is 10.9 Å². The Kier molecular flexibility index (Phi) is 4.77. The number of fused-ring (bicyclic) bond motifs is 1. The second-order valence-corrected chi connectivity index (χ2v) is 6.68. The molecule has 0 unspecified atom stereocenters. The first kappa shape index (κ1) is 19.0. The number of aromatic amines is 1. The number of aromatic nitrogens is 2. The zero-order chi connectivity index (χ0) is 20.6. The summed E-state index contributed by atoms with van der Waals surface area (Å²) < 4.78 is 52.3. The number of carbonyl (C=O) groups is 1. The highest BCUT2D eigenvalue weighted by Gasteiger charge is 2.35. The van der Waals surface area contributed by atoms with Gasteiger partial charge >= 0.3 is 12.2 Å². The van der Waals surface area contributed by atoms with Crippen LogP contribution in [0.2, 0.25) is 0 Å². The second-order valence-electron chi connectivity index (χ2n) is 6.68. The first-order chi connectivity index (χ1) is 13.8. The molecule has 29 heavy (non-hydrogen) atoms. The molecule has 2 aromatic carbocycles. The Morgan fingerprint density at radius 1 is 1.07 bits per heavy atom. The monoisotopic (exact) mass is 407 g/mol. The Morgan fingerprint density at radius 2 is 1.79 bits per heavy atom. The van der Waals surface area contributed by atoms with Crippen LogP contribution in [0.5, 0.6) is 0 Å². The van der Waals surface area contributed by atoms with Gasteiger partial charge in [-0.2, -0.15) is 18.3 Å². The topological polar surface area (TPSA) is 64.3 Å². The third-order valence-corrected chi connectivity index (χ3v) is 4.88. The summed E-state index contributed by atoms with van der Waals surface area (Å²) in [6, 6.07) is 9.97. The lowest BCUT2D eigenvalue weighted by Gasteiger charge is -2.36. The molecule has 6 nitrogen and oxygen atoms in total. The van der Waals surface area contributed by atoms with Crippen LogP contribution >= 0.6 is 0 Å². The average molecular weight is 407 g/mol. The summed E-state index contributed by atoms with van der Waals surface area (Å²) in [5.41, 5.74) is -0.220. The molecule has 2 heterocycles. The molecule has 0 saturated carbocycles. The molecule has 0 bridgehead atoms. The number of nitrogens with zero attached hydrogens (tertiary/aromatic N) is 3. The van der Waals surface area contributed by atoms with Crippen molar-refractivity contribution in [1.29, 1.82) is 0 Å². The van der Waals surface area contributed by atoms with Gasteiger partial charge in [0.1, 0.15) is 5.82 Å². The van der Waals surface area contributed by atoms with E-state index in [4.69, 9.17) is 0 Å². The van der Waals surface area contributed by atoms with Crippen LogP contribution in [0.4, 0.5) is 33.9 Å². The number of alkyl halides is 3. The van der Waals surface area contributed by atoms with Gasteiger partial charge in [0, 0.05) is 37.3 Å². The molecule has 1 aliphatic heterocycles. The van der Waals surface area contributed by atoms with Crippen molar-refractivity contribution in [1.82, 2.24) is 15.1 Å². The molecule has 3 aromatic rings. The number of anilines is 2. The summed E-state index contributed by atoms with van der Waals surface area (Å²) in [5, 5.41) is 10.5. The molecule has 1 fully saturated rings. The lowest BCUT2D eigenvalue weighted by Crippen LogP contribution is -2.50. The van der Waals surface area contributed by atoms with Crippen LogP contribution < -0.4 is 10.2 Å². The third kappa shape index (κ3) is 3.82. The van der Waals surface area contributed by atoms with E-state index in [0.29, 0.717) is 32.0 Å². The zero-order valence-corrected chi connectivity index (χ0v) is 15.1. The number of urea groups is 1. The molecule has 1 aromatic heterocycles. The van der Waals surface area contributed by atoms with E-state index in [1.165, 1.54) is 6.07 Å². The number of para-hydroxylation sites is 1. The Bertz CT molecular complexity index is 1040. The number of halogens is 4. The van der Waals surface area contributed by atoms with Crippen molar-refractivity contribution in [3.8, 4) is 0 Å². The molecule has 152 valence electrons. The largest absolute Gasteiger partial charge is 0.419 e. The van der Waals surface area contributed by atoms with E-state index < -0.39 is 17.6 Å². The van der Waals surface area contributed by atoms with Crippen molar-refractivity contribution in [2.75, 3.05) is 36.4 Å². The standard InChI is InChI=1S/C19H17F4N5O/c20-15-6-5-12(11-14(15)19(21,22)23)27-7-9-28(10-8-27)18(29)24-17-13-3-1-2-4-16(13)25-26-17/h1-6,11H,7-10H2,(H2,24,25,26,29). The number of carbonyl (C=O) groups excluding carboxylic acids is 1. The van der Waals surface area contributed by atoms with Crippen molar-refractivity contribution in [3.05, 3.63) is 53.8 Å². The summed E-state index contributed by atoms with van der Waals surface area (Å²) in [6.45, 7) is 1.29. The minimum Gasteiger partial charge on any atom is -0.368 e. The SMILES string of the molecule is O=C(Nc1n[nH]c2ccccc12)N1CCN(c2ccc(F)c(C(F)(F)F)c2)CC1. The molecular weight excluding hydrogens is 390 g/mol. The lowest BCUT2D eigenvalue weighted by molar-refractivity contribution is -0.139. The molecule has 4 rings (SSSR count). The van der Waals surface area contributed by atoms with Gasteiger partial charge in [-0.1, -0.05) is 12.1 Å². The van der Waals surface area contributed by atoms with Crippen LogP contribution in [0.3, 0.4) is 0 Å². The van der Waals surface area contributed by atoms with E-state index in [9.17, 15) is 22.4 Å². The molecule has 0 atom stereocenters. The first-order valence-corrected chi connectivity index (χ1v) is 8.93. The fourth-order valence-corrected chi connectivity index (χ4v) is 3.33. The van der Waals surface area contributed by atoms with Gasteiger partial charge in [-0.05, 0) is 30.3 Å². The minimum absolute atomic E-state index is 0.275. The first-order valence-electron chi connectivity index (χ1n) is 8.93. The van der Waals surface area contributed by atoms with Crippen molar-refractivity contribution < 1.29 is 22.4 Å². The van der Waals surface area contributed by atoms with Gasteiger partial charge in [0.25, 0.3) is 0 Å². The maximum Gasteiger partial charge on any atom is 0.419 e. The number of rotatable bonds is 2. The predicted molar refractivity (Wildman–Crippen MR) is 100 cm³/mol. The summed E-state index contributed by atoms with van der Waals surface area (Å²) >= 11 is 0. The van der Waals surface area contributed by atoms with E-state index >= 15 is 0 Å². The third-order valence-electron chi connectivity index (χ3n) is 4.88. The highest BCUT2D eigenvalue weighted by molar-refractivity contribution is 5.98. The van der Waals surface area contributed by atoms with Gasteiger partial charge in [-0.3, -0.25) is 10.4 Å². The van der Waals surface area contributed by atoms with Crippen LogP contribution in [-0.2, 0) is 6.18 Å². The summed E-state index contributed by atoms with van der Waals surface area (Å²) in [5.74, 6) is -0.883. The molecule has 1 saturated heterocycles. The lowest BCUT2D eigenvalue weighted by atomic mass is 10.1. The van der Waals surface area contributed by atoms with E-state index in [0.717, 1.165) is 23.0 Å². The molecular formula is C19H17F4N5O. The Labute approximate surface area is 163 Å². The number of benzene rings is 2. The molecule has 0 spiro atoms. The molecule has 0 radical (unpaired) electrons. The van der Waals surface area contributed by atoms with Gasteiger partial charge in [-0.25, -0.2) is 9.18 Å². The van der Waals surface area contributed by atoms with Crippen molar-refractivity contribution in [2.24, 2.45) is 0 Å². The van der Waals surface area contributed by atoms with Crippen molar-refractivity contribution >= 4 is 28.4 Å².